The lowest BCUT2D eigenvalue weighted by Crippen LogP contribution is -2.55. The van der Waals surface area contributed by atoms with E-state index >= 15 is 0 Å². The molecule has 0 aromatic heterocycles. The van der Waals surface area contributed by atoms with Crippen molar-refractivity contribution in [2.45, 2.75) is 69.1 Å². The van der Waals surface area contributed by atoms with E-state index in [-0.39, 0.29) is 24.6 Å². The normalized spacial score (nSPS) is 16.0. The molecular formula is C26H25F6I2N3O4. The highest BCUT2D eigenvalue weighted by molar-refractivity contribution is 14.1. The number of amides is 2. The van der Waals surface area contributed by atoms with Gasteiger partial charge in [0.1, 0.15) is 11.8 Å². The van der Waals surface area contributed by atoms with Gasteiger partial charge in [0, 0.05) is 6.04 Å². The molecular weight excluding hydrogens is 786 g/mol. The zero-order valence-corrected chi connectivity index (χ0v) is 25.6. The number of rotatable bonds is 11. The molecule has 15 heteroatoms. The fourth-order valence-electron chi connectivity index (χ4n) is 3.91. The number of Topliss-reactive ketones (excluding diaryl/α,β-unsaturated/α-hetero) is 1. The number of carbonyl (C=O) groups is 3. The molecule has 1 saturated carbocycles. The molecule has 0 bridgehead atoms. The third-order valence-corrected chi connectivity index (χ3v) is 7.92. The molecule has 0 heterocycles. The van der Waals surface area contributed by atoms with Gasteiger partial charge in [-0.05, 0) is 106 Å². The Kier molecular flexibility index (Phi) is 10.9. The van der Waals surface area contributed by atoms with E-state index in [4.69, 9.17) is 0 Å². The molecule has 7 nitrogen and oxygen atoms in total. The number of alkyl halides is 6. The number of ketones is 1. The third kappa shape index (κ3) is 9.17. The molecule has 41 heavy (non-hydrogen) atoms. The molecule has 1 aliphatic rings. The lowest BCUT2D eigenvalue weighted by atomic mass is 9.99. The Bertz CT molecular complexity index is 1260. The molecule has 1 aliphatic carbocycles. The van der Waals surface area contributed by atoms with Crippen molar-refractivity contribution in [3.8, 4) is 5.75 Å². The van der Waals surface area contributed by atoms with E-state index in [0.29, 0.717) is 49.8 Å². The summed E-state index contributed by atoms with van der Waals surface area (Å²) in [5.41, 5.74) is -1.34. The molecule has 3 rings (SSSR count). The zero-order valence-electron chi connectivity index (χ0n) is 21.3. The Balaban J connectivity index is 1.93. The second-order valence-corrected chi connectivity index (χ2v) is 11.8. The van der Waals surface area contributed by atoms with Gasteiger partial charge in [0.25, 0.3) is 5.91 Å². The number of halogens is 8. The number of benzene rings is 2. The van der Waals surface area contributed by atoms with Crippen LogP contribution in [0.3, 0.4) is 0 Å². The van der Waals surface area contributed by atoms with Crippen LogP contribution in [0, 0.1) is 7.14 Å². The second kappa shape index (κ2) is 13.4. The van der Waals surface area contributed by atoms with Crippen molar-refractivity contribution in [3.63, 3.8) is 0 Å². The molecule has 4 N–H and O–H groups in total. The summed E-state index contributed by atoms with van der Waals surface area (Å²) in [6.45, 7) is 1.51. The zero-order chi connectivity index (χ0) is 30.7. The number of carbonyl (C=O) groups excluding carboxylic acids is 3. The summed E-state index contributed by atoms with van der Waals surface area (Å²) in [4.78, 5) is 38.3. The molecule has 0 saturated heterocycles. The van der Waals surface area contributed by atoms with E-state index in [9.17, 15) is 45.8 Å². The maximum Gasteiger partial charge on any atom is 0.416 e. The van der Waals surface area contributed by atoms with Crippen LogP contribution in [-0.2, 0) is 27.0 Å². The van der Waals surface area contributed by atoms with E-state index in [1.54, 1.807) is 0 Å². The van der Waals surface area contributed by atoms with Gasteiger partial charge in [0.15, 0.2) is 0 Å². The van der Waals surface area contributed by atoms with Crippen molar-refractivity contribution in [2.24, 2.45) is 0 Å². The summed E-state index contributed by atoms with van der Waals surface area (Å²) < 4.78 is 82.4. The number of phenols is 1. The maximum atomic E-state index is 14.2. The highest BCUT2D eigenvalue weighted by atomic mass is 127. The van der Waals surface area contributed by atoms with Crippen LogP contribution >= 0.6 is 45.2 Å². The van der Waals surface area contributed by atoms with E-state index in [1.807, 2.05) is 45.2 Å². The number of hydrogen-bond acceptors (Lipinski definition) is 5. The molecule has 2 aromatic carbocycles. The van der Waals surface area contributed by atoms with E-state index in [2.05, 4.69) is 16.0 Å². The van der Waals surface area contributed by atoms with Gasteiger partial charge in [-0.15, -0.1) is 0 Å². The standard InChI is InChI=1S/C26H25F6I2N3O4/c1-2-18(21(39)24(41)35-15-7-8-15)37-23(40)19(11-12-9-16(33)20(38)17(34)10-12)36-22(26(30,31)32)13-3-5-14(6-4-13)25(27,28)29/h3-6,9-10,15,18-19,22,36,38H,2,7-8,11H2,1H3,(H,35,41)(H,37,40)/t18-,19-,22-/m0/s1. The smallest absolute Gasteiger partial charge is 0.416 e. The van der Waals surface area contributed by atoms with Gasteiger partial charge in [0.2, 0.25) is 11.7 Å². The lowest BCUT2D eigenvalue weighted by molar-refractivity contribution is -0.161. The van der Waals surface area contributed by atoms with E-state index < -0.39 is 59.2 Å². The predicted molar refractivity (Wildman–Crippen MR) is 153 cm³/mol. The van der Waals surface area contributed by atoms with Crippen molar-refractivity contribution >= 4 is 62.8 Å². The van der Waals surface area contributed by atoms with Crippen molar-refractivity contribution in [1.82, 2.24) is 16.0 Å². The minimum absolute atomic E-state index is 0.0218. The van der Waals surface area contributed by atoms with Gasteiger partial charge >= 0.3 is 12.4 Å². The molecule has 3 atom stereocenters. The molecule has 0 radical (unpaired) electrons. The van der Waals surface area contributed by atoms with Gasteiger partial charge in [-0.25, -0.2) is 0 Å². The molecule has 2 aromatic rings. The van der Waals surface area contributed by atoms with Gasteiger partial charge in [0.05, 0.1) is 24.8 Å². The first-order chi connectivity index (χ1) is 19.0. The van der Waals surface area contributed by atoms with Crippen LogP contribution in [0.15, 0.2) is 36.4 Å². The van der Waals surface area contributed by atoms with Crippen molar-refractivity contribution in [2.75, 3.05) is 0 Å². The summed E-state index contributed by atoms with van der Waals surface area (Å²) in [5.74, 6) is -2.94. The van der Waals surface area contributed by atoms with E-state index in [1.165, 1.54) is 19.1 Å². The summed E-state index contributed by atoms with van der Waals surface area (Å²) in [6.07, 6.45) is -8.73. The fourth-order valence-corrected chi connectivity index (χ4v) is 5.81. The first-order valence-electron chi connectivity index (χ1n) is 12.3. The summed E-state index contributed by atoms with van der Waals surface area (Å²) in [7, 11) is 0. The number of aromatic hydroxyl groups is 1. The first kappa shape index (κ1) is 33.4. The summed E-state index contributed by atoms with van der Waals surface area (Å²) >= 11 is 3.63. The van der Waals surface area contributed by atoms with Crippen LogP contribution in [0.2, 0.25) is 0 Å². The molecule has 224 valence electrons. The molecule has 0 aliphatic heterocycles. The molecule has 1 fully saturated rings. The van der Waals surface area contributed by atoms with Crippen LogP contribution in [0.1, 0.15) is 48.9 Å². The van der Waals surface area contributed by atoms with Crippen molar-refractivity contribution in [3.05, 3.63) is 60.2 Å². The average Bonchev–Trinajstić information content (AvgIpc) is 3.70. The highest BCUT2D eigenvalue weighted by Gasteiger charge is 2.44. The summed E-state index contributed by atoms with van der Waals surface area (Å²) in [6, 6.07) is -0.340. The Morgan fingerprint density at radius 3 is 2.00 bits per heavy atom. The second-order valence-electron chi connectivity index (χ2n) is 9.51. The minimum atomic E-state index is -5.03. The quantitative estimate of drug-likeness (QED) is 0.143. The summed E-state index contributed by atoms with van der Waals surface area (Å²) in [5, 5.41) is 17.1. The third-order valence-electron chi connectivity index (χ3n) is 6.28. The monoisotopic (exact) mass is 811 g/mol. The predicted octanol–water partition coefficient (Wildman–Crippen LogP) is 5.17. The van der Waals surface area contributed by atoms with E-state index in [0.717, 1.165) is 0 Å². The number of hydrogen-bond donors (Lipinski definition) is 4. The van der Waals surface area contributed by atoms with Gasteiger partial charge in [-0.1, -0.05) is 19.1 Å². The molecule has 2 amide bonds. The van der Waals surface area contributed by atoms with Gasteiger partial charge in [-0.2, -0.15) is 26.3 Å². The molecule has 0 spiro atoms. The Labute approximate surface area is 258 Å². The van der Waals surface area contributed by atoms with Crippen LogP contribution in [0.5, 0.6) is 5.75 Å². The number of phenolic OH excluding ortho intramolecular Hbond substituents is 1. The minimum Gasteiger partial charge on any atom is -0.506 e. The Morgan fingerprint density at radius 2 is 1.54 bits per heavy atom. The van der Waals surface area contributed by atoms with Crippen molar-refractivity contribution < 1.29 is 45.8 Å². The SMILES string of the molecule is CC[C@H](NC(=O)[C@H](Cc1cc(I)c(O)c(I)c1)N[C@@H](c1ccc(C(F)(F)F)cc1)C(F)(F)F)C(=O)C(=O)NC1CC1. The maximum absolute atomic E-state index is 14.2. The molecule has 0 unspecified atom stereocenters. The Hall–Kier alpha value is -2.15. The highest BCUT2D eigenvalue weighted by Crippen LogP contribution is 2.36. The van der Waals surface area contributed by atoms with Gasteiger partial charge in [-0.3, -0.25) is 19.7 Å². The average molecular weight is 811 g/mol. The van der Waals surface area contributed by atoms with Crippen molar-refractivity contribution in [1.29, 1.82) is 0 Å². The Morgan fingerprint density at radius 1 is 0.976 bits per heavy atom. The largest absolute Gasteiger partial charge is 0.506 e. The van der Waals surface area contributed by atoms with Crippen LogP contribution < -0.4 is 16.0 Å². The number of nitrogens with one attached hydrogen (secondary N) is 3. The van der Waals surface area contributed by atoms with Crippen LogP contribution in [-0.4, -0.2) is 47.0 Å². The fraction of sp³-hybridized carbons (Fsp3) is 0.423. The first-order valence-corrected chi connectivity index (χ1v) is 14.5. The van der Waals surface area contributed by atoms with Gasteiger partial charge < -0.3 is 15.7 Å². The van der Waals surface area contributed by atoms with Crippen LogP contribution in [0.4, 0.5) is 26.3 Å². The lowest BCUT2D eigenvalue weighted by Gasteiger charge is -2.29. The topological polar surface area (TPSA) is 108 Å². The van der Waals surface area contributed by atoms with Crippen LogP contribution in [0.25, 0.3) is 0 Å².